The van der Waals surface area contributed by atoms with Crippen LogP contribution in [0.2, 0.25) is 0 Å². The van der Waals surface area contributed by atoms with Gasteiger partial charge >= 0.3 is 5.97 Å². The van der Waals surface area contributed by atoms with E-state index in [0.29, 0.717) is 39.6 Å². The fourth-order valence-electron chi connectivity index (χ4n) is 2.22. The van der Waals surface area contributed by atoms with Crippen molar-refractivity contribution in [3.05, 3.63) is 12.7 Å². The van der Waals surface area contributed by atoms with E-state index in [2.05, 4.69) is 18.2 Å². The number of aliphatic hydroxyl groups is 2. The van der Waals surface area contributed by atoms with Gasteiger partial charge in [-0.15, -0.1) is 0 Å². The molecule has 0 rings (SSSR count). The van der Waals surface area contributed by atoms with Crippen LogP contribution < -0.4 is 0 Å². The van der Waals surface area contributed by atoms with Crippen LogP contribution in [-0.2, 0) is 28.5 Å². The lowest BCUT2D eigenvalue weighted by Crippen LogP contribution is -2.19. The lowest BCUT2D eigenvalue weighted by atomic mass is 10.1. The monoisotopic (exact) mass is 436 g/mol. The summed E-state index contributed by atoms with van der Waals surface area (Å²) in [5.74, 6) is -0.307. The number of hydrogen-bond acceptors (Lipinski definition) is 8. The van der Waals surface area contributed by atoms with E-state index in [9.17, 15) is 4.79 Å². The molecule has 0 aliphatic carbocycles. The Kier molecular flexibility index (Phi) is 29.0. The third kappa shape index (κ3) is 29.2. The Morgan fingerprint density at radius 1 is 0.867 bits per heavy atom. The number of rotatable bonds is 21. The van der Waals surface area contributed by atoms with Gasteiger partial charge in [-0.1, -0.05) is 58.4 Å². The molecule has 0 saturated carbocycles. The molecule has 0 aromatic heterocycles. The molecule has 0 aromatic rings. The van der Waals surface area contributed by atoms with E-state index < -0.39 is 6.29 Å². The number of carbonyl (C=O) groups excluding carboxylic acids is 1. The zero-order valence-electron chi connectivity index (χ0n) is 19.0. The summed E-state index contributed by atoms with van der Waals surface area (Å²) in [6.45, 7) is 8.39. The second kappa shape index (κ2) is 28.0. The molecule has 0 spiro atoms. The molecule has 2 N–H and O–H groups in total. The highest BCUT2D eigenvalue weighted by Crippen LogP contribution is 2.08. The maximum absolute atomic E-state index is 10.7. The van der Waals surface area contributed by atoms with Gasteiger partial charge in [-0.3, -0.25) is 0 Å². The molecule has 0 fully saturated rings. The van der Waals surface area contributed by atoms with Crippen LogP contribution in [0.15, 0.2) is 12.7 Å². The van der Waals surface area contributed by atoms with Crippen LogP contribution in [-0.4, -0.2) is 82.4 Å². The molecule has 8 nitrogen and oxygen atoms in total. The Bertz CT molecular complexity index is 352. The number of carbonyl (C=O) groups is 1. The maximum Gasteiger partial charge on any atom is 0.330 e. The van der Waals surface area contributed by atoms with Gasteiger partial charge in [-0.05, 0) is 6.42 Å². The van der Waals surface area contributed by atoms with E-state index >= 15 is 0 Å². The van der Waals surface area contributed by atoms with Crippen LogP contribution in [0.25, 0.3) is 0 Å². The molecule has 0 bridgehead atoms. The first-order valence-corrected chi connectivity index (χ1v) is 11.0. The van der Waals surface area contributed by atoms with Gasteiger partial charge in [-0.2, -0.15) is 0 Å². The molecule has 0 heterocycles. The second-order valence-corrected chi connectivity index (χ2v) is 6.56. The summed E-state index contributed by atoms with van der Waals surface area (Å²) in [5, 5.41) is 17.3. The molecule has 0 radical (unpaired) electrons. The topological polar surface area (TPSA) is 104 Å². The first-order chi connectivity index (χ1) is 14.6. The van der Waals surface area contributed by atoms with Crippen LogP contribution in [0.1, 0.15) is 58.3 Å². The zero-order valence-corrected chi connectivity index (χ0v) is 19.0. The summed E-state index contributed by atoms with van der Waals surface area (Å²) in [7, 11) is 1.41. The minimum absolute atomic E-state index is 0.0258. The normalized spacial score (nSPS) is 11.5. The van der Waals surface area contributed by atoms with Gasteiger partial charge in [0.05, 0.1) is 52.9 Å². The van der Waals surface area contributed by atoms with Crippen LogP contribution in [0.3, 0.4) is 0 Å². The lowest BCUT2D eigenvalue weighted by molar-refractivity contribution is -0.137. The Hall–Kier alpha value is -1.03. The molecule has 30 heavy (non-hydrogen) atoms. The molecule has 1 unspecified atom stereocenters. The molecule has 180 valence electrons. The van der Waals surface area contributed by atoms with Gasteiger partial charge in [0.15, 0.2) is 6.29 Å². The Balaban J connectivity index is 0. The SMILES string of the molecule is C=CC(=O)OCCCCCCCCCC.COC(O)COCCOCCOCCO. The van der Waals surface area contributed by atoms with Gasteiger partial charge in [0.25, 0.3) is 0 Å². The average Bonchev–Trinajstić information content (AvgIpc) is 2.76. The van der Waals surface area contributed by atoms with Crippen molar-refractivity contribution in [1.29, 1.82) is 0 Å². The fraction of sp³-hybridized carbons (Fsp3) is 0.864. The van der Waals surface area contributed by atoms with Crippen LogP contribution >= 0.6 is 0 Å². The minimum Gasteiger partial charge on any atom is -0.463 e. The van der Waals surface area contributed by atoms with Crippen molar-refractivity contribution in [2.45, 2.75) is 64.6 Å². The summed E-state index contributed by atoms with van der Waals surface area (Å²) in [4.78, 5) is 10.7. The highest BCUT2D eigenvalue weighted by atomic mass is 16.6. The van der Waals surface area contributed by atoms with Gasteiger partial charge in [0, 0.05) is 13.2 Å². The molecule has 0 aliphatic rings. The van der Waals surface area contributed by atoms with E-state index in [4.69, 9.17) is 29.2 Å². The smallest absolute Gasteiger partial charge is 0.330 e. The molecular formula is C22H44O8. The van der Waals surface area contributed by atoms with Crippen LogP contribution in [0, 0.1) is 0 Å². The number of unbranched alkanes of at least 4 members (excludes halogenated alkanes) is 7. The Morgan fingerprint density at radius 3 is 1.93 bits per heavy atom. The summed E-state index contributed by atoms with van der Waals surface area (Å²) >= 11 is 0. The largest absolute Gasteiger partial charge is 0.463 e. The number of hydrogen-bond donors (Lipinski definition) is 2. The second-order valence-electron chi connectivity index (χ2n) is 6.56. The molecule has 0 saturated heterocycles. The van der Waals surface area contributed by atoms with E-state index in [0.717, 1.165) is 12.8 Å². The zero-order chi connectivity index (χ0) is 22.7. The van der Waals surface area contributed by atoms with Gasteiger partial charge in [0.1, 0.15) is 0 Å². The van der Waals surface area contributed by atoms with Crippen molar-refractivity contribution < 1.29 is 38.7 Å². The number of methoxy groups -OCH3 is 1. The lowest BCUT2D eigenvalue weighted by Gasteiger charge is -2.09. The van der Waals surface area contributed by atoms with E-state index in [-0.39, 0.29) is 19.2 Å². The number of aliphatic hydroxyl groups excluding tert-OH is 2. The standard InChI is InChI=1S/C13H24O2.C9H20O6/c1-3-5-6-7-8-9-10-11-12-15-13(14)4-2;1-12-9(11)8-15-7-6-14-5-4-13-3-2-10/h4H,2-3,5-12H2,1H3;9-11H,2-8H2,1H3. The first kappa shape index (κ1) is 31.2. The van der Waals surface area contributed by atoms with Crippen LogP contribution in [0.4, 0.5) is 0 Å². The Labute approximate surface area is 182 Å². The van der Waals surface area contributed by atoms with E-state index in [1.54, 1.807) is 0 Å². The van der Waals surface area contributed by atoms with Crippen LogP contribution in [0.5, 0.6) is 0 Å². The van der Waals surface area contributed by atoms with E-state index in [1.807, 2.05) is 0 Å². The van der Waals surface area contributed by atoms with E-state index in [1.165, 1.54) is 51.7 Å². The first-order valence-electron chi connectivity index (χ1n) is 11.0. The number of esters is 1. The Morgan fingerprint density at radius 2 is 1.40 bits per heavy atom. The third-order valence-electron chi connectivity index (χ3n) is 3.92. The van der Waals surface area contributed by atoms with Gasteiger partial charge in [-0.25, -0.2) is 4.79 Å². The molecule has 0 amide bonds. The van der Waals surface area contributed by atoms with Gasteiger partial charge in [0.2, 0.25) is 0 Å². The highest BCUT2D eigenvalue weighted by Gasteiger charge is 1.99. The molecular weight excluding hydrogens is 392 g/mol. The highest BCUT2D eigenvalue weighted by molar-refractivity contribution is 5.81. The minimum atomic E-state index is -0.877. The summed E-state index contributed by atoms with van der Waals surface area (Å²) in [6.07, 6.45) is 10.4. The predicted molar refractivity (Wildman–Crippen MR) is 116 cm³/mol. The number of ether oxygens (including phenoxy) is 5. The summed E-state index contributed by atoms with van der Waals surface area (Å²) in [5.41, 5.74) is 0. The molecule has 8 heteroatoms. The quantitative estimate of drug-likeness (QED) is 0.123. The predicted octanol–water partition coefficient (Wildman–Crippen LogP) is 2.85. The van der Waals surface area contributed by atoms with Crippen molar-refractivity contribution >= 4 is 5.97 Å². The van der Waals surface area contributed by atoms with Gasteiger partial charge < -0.3 is 33.9 Å². The molecule has 0 aromatic carbocycles. The van der Waals surface area contributed by atoms with Crippen molar-refractivity contribution in [3.63, 3.8) is 0 Å². The molecule has 1 atom stereocenters. The third-order valence-corrected chi connectivity index (χ3v) is 3.92. The van der Waals surface area contributed by atoms with Crippen molar-refractivity contribution in [3.8, 4) is 0 Å². The maximum atomic E-state index is 10.7. The summed E-state index contributed by atoms with van der Waals surface area (Å²) in [6, 6.07) is 0. The molecule has 0 aliphatic heterocycles. The van der Waals surface area contributed by atoms with Crippen molar-refractivity contribution in [1.82, 2.24) is 0 Å². The van der Waals surface area contributed by atoms with Crippen molar-refractivity contribution in [2.24, 2.45) is 0 Å². The fourth-order valence-corrected chi connectivity index (χ4v) is 2.22. The summed E-state index contributed by atoms with van der Waals surface area (Å²) < 4.78 is 24.6. The van der Waals surface area contributed by atoms with Crippen molar-refractivity contribution in [2.75, 3.05) is 60.0 Å². The average molecular weight is 437 g/mol.